The van der Waals surface area contributed by atoms with Gasteiger partial charge >= 0.3 is 0 Å². The predicted octanol–water partition coefficient (Wildman–Crippen LogP) is 4.10. The Kier molecular flexibility index (Phi) is 9.80. The lowest BCUT2D eigenvalue weighted by atomic mass is 9.95. The minimum Gasteiger partial charge on any atom is -0.382 e. The number of nitrogens with zero attached hydrogens (tertiary/aromatic N) is 2. The highest BCUT2D eigenvalue weighted by Gasteiger charge is 2.36. The topological polar surface area (TPSA) is 56.1 Å². The van der Waals surface area contributed by atoms with Crippen molar-refractivity contribution in [3.8, 4) is 0 Å². The fourth-order valence-electron chi connectivity index (χ4n) is 3.34. The van der Waals surface area contributed by atoms with Gasteiger partial charge in [-0.1, -0.05) is 71.6 Å². The number of unbranched alkanes of at least 4 members (excludes halogenated alkanes) is 8. The molecule has 4 heteroatoms. The summed E-state index contributed by atoms with van der Waals surface area (Å²) < 4.78 is 0. The first-order chi connectivity index (χ1) is 11.0. The molecule has 0 amide bonds. The van der Waals surface area contributed by atoms with Gasteiger partial charge < -0.3 is 15.1 Å². The van der Waals surface area contributed by atoms with Gasteiger partial charge in [-0.15, -0.1) is 0 Å². The molecule has 0 fully saturated rings. The Morgan fingerprint density at radius 3 is 2.17 bits per heavy atom. The van der Waals surface area contributed by atoms with Crippen LogP contribution in [0.2, 0.25) is 0 Å². The highest BCUT2D eigenvalue weighted by molar-refractivity contribution is 5.91. The second-order valence-electron chi connectivity index (χ2n) is 7.14. The van der Waals surface area contributed by atoms with Crippen LogP contribution in [0.25, 0.3) is 0 Å². The van der Waals surface area contributed by atoms with Crippen LogP contribution in [0, 0.1) is 0 Å². The van der Waals surface area contributed by atoms with Crippen molar-refractivity contribution in [1.82, 2.24) is 4.90 Å². The van der Waals surface area contributed by atoms with E-state index in [0.29, 0.717) is 18.8 Å². The zero-order valence-electron chi connectivity index (χ0n) is 15.6. The smallest absolute Gasteiger partial charge is 0.133 e. The molecule has 0 aliphatic carbocycles. The van der Waals surface area contributed by atoms with Crippen LogP contribution in [0.4, 0.5) is 0 Å². The van der Waals surface area contributed by atoms with Crippen molar-refractivity contribution >= 4 is 5.84 Å². The molecule has 136 valence electrons. The van der Waals surface area contributed by atoms with E-state index in [9.17, 15) is 10.2 Å². The van der Waals surface area contributed by atoms with Crippen molar-refractivity contribution in [3.63, 3.8) is 0 Å². The number of hydrogen-bond donors (Lipinski definition) is 2. The Morgan fingerprint density at radius 2 is 1.61 bits per heavy atom. The molecule has 1 rings (SSSR count). The Bertz CT molecular complexity index is 342. The van der Waals surface area contributed by atoms with E-state index in [0.717, 1.165) is 19.4 Å². The zero-order valence-corrected chi connectivity index (χ0v) is 15.6. The summed E-state index contributed by atoms with van der Waals surface area (Å²) in [4.78, 5) is 6.32. The average molecular weight is 327 g/mol. The molecule has 0 bridgehead atoms. The summed E-state index contributed by atoms with van der Waals surface area (Å²) in [7, 11) is 0. The normalized spacial score (nSPS) is 18.8. The summed E-state index contributed by atoms with van der Waals surface area (Å²) >= 11 is 0. The monoisotopic (exact) mass is 326 g/mol. The molecule has 4 nitrogen and oxygen atoms in total. The third-order valence-corrected chi connectivity index (χ3v) is 4.85. The van der Waals surface area contributed by atoms with Crippen LogP contribution >= 0.6 is 0 Å². The van der Waals surface area contributed by atoms with Crippen LogP contribution in [-0.2, 0) is 0 Å². The minimum absolute atomic E-state index is 0.522. The first-order valence-electron chi connectivity index (χ1n) is 9.75. The number of aliphatic hydroxyl groups excluding tert-OH is 1. The lowest BCUT2D eigenvalue weighted by Gasteiger charge is -2.33. The summed E-state index contributed by atoms with van der Waals surface area (Å²) in [6.45, 7) is 7.45. The van der Waals surface area contributed by atoms with E-state index < -0.39 is 11.8 Å². The van der Waals surface area contributed by atoms with Crippen LogP contribution in [-0.4, -0.2) is 45.9 Å². The van der Waals surface area contributed by atoms with Gasteiger partial charge in [-0.05, 0) is 19.8 Å². The third kappa shape index (κ3) is 7.21. The van der Waals surface area contributed by atoms with Gasteiger partial charge in [-0.25, -0.2) is 0 Å². The van der Waals surface area contributed by atoms with E-state index in [1.54, 1.807) is 0 Å². The molecule has 2 atom stereocenters. The van der Waals surface area contributed by atoms with Crippen molar-refractivity contribution < 1.29 is 10.2 Å². The largest absolute Gasteiger partial charge is 0.382 e. The SMILES string of the molecule is CCCCCCCCCCCC(C)(O)C1=NCCN1C(O)CC. The van der Waals surface area contributed by atoms with Crippen LogP contribution in [0.5, 0.6) is 0 Å². The molecule has 1 aliphatic heterocycles. The summed E-state index contributed by atoms with van der Waals surface area (Å²) in [5, 5.41) is 20.8. The summed E-state index contributed by atoms with van der Waals surface area (Å²) in [5.74, 6) is 0.686. The first-order valence-corrected chi connectivity index (χ1v) is 9.75. The molecule has 0 saturated heterocycles. The Hall–Kier alpha value is -0.610. The molecule has 0 aromatic carbocycles. The zero-order chi connectivity index (χ0) is 17.1. The van der Waals surface area contributed by atoms with Crippen LogP contribution < -0.4 is 0 Å². The third-order valence-electron chi connectivity index (χ3n) is 4.85. The quantitative estimate of drug-likeness (QED) is 0.501. The first kappa shape index (κ1) is 20.4. The lowest BCUT2D eigenvalue weighted by molar-refractivity contribution is 0.0331. The van der Waals surface area contributed by atoms with Crippen molar-refractivity contribution in [2.75, 3.05) is 13.1 Å². The summed E-state index contributed by atoms with van der Waals surface area (Å²) in [5.41, 5.74) is -0.909. The standard InChI is InChI=1S/C19H38N2O2/c1-4-6-7-8-9-10-11-12-13-14-19(3,23)18-20-15-16-21(18)17(22)5-2/h17,22-23H,4-16H2,1-3H3. The van der Waals surface area contributed by atoms with Gasteiger partial charge in [0, 0.05) is 6.54 Å². The predicted molar refractivity (Wildman–Crippen MR) is 97.8 cm³/mol. The molecular formula is C19H38N2O2. The minimum atomic E-state index is -0.909. The number of aliphatic imine (C=N–C) groups is 1. The van der Waals surface area contributed by atoms with Crippen molar-refractivity contribution in [2.45, 2.75) is 103 Å². The molecule has 1 heterocycles. The molecule has 23 heavy (non-hydrogen) atoms. The van der Waals surface area contributed by atoms with Crippen molar-refractivity contribution in [1.29, 1.82) is 0 Å². The highest BCUT2D eigenvalue weighted by Crippen LogP contribution is 2.24. The van der Waals surface area contributed by atoms with E-state index in [2.05, 4.69) is 11.9 Å². The molecule has 2 unspecified atom stereocenters. The van der Waals surface area contributed by atoms with Gasteiger partial charge in [0.2, 0.25) is 0 Å². The Balaban J connectivity index is 2.20. The summed E-state index contributed by atoms with van der Waals surface area (Å²) in [6, 6.07) is 0. The molecule has 1 aliphatic rings. The van der Waals surface area contributed by atoms with Gasteiger partial charge in [0.1, 0.15) is 17.7 Å². The maximum Gasteiger partial charge on any atom is 0.133 e. The molecule has 0 saturated carbocycles. The van der Waals surface area contributed by atoms with Gasteiger partial charge in [0.15, 0.2) is 0 Å². The van der Waals surface area contributed by atoms with Gasteiger partial charge in [-0.2, -0.15) is 0 Å². The molecule has 2 N–H and O–H groups in total. The maximum atomic E-state index is 10.7. The van der Waals surface area contributed by atoms with E-state index in [1.165, 1.54) is 51.4 Å². The van der Waals surface area contributed by atoms with E-state index in [4.69, 9.17) is 0 Å². The number of hydrogen-bond acceptors (Lipinski definition) is 4. The maximum absolute atomic E-state index is 10.7. The van der Waals surface area contributed by atoms with Crippen LogP contribution in [0.1, 0.15) is 91.4 Å². The molecule has 0 aromatic heterocycles. The molecular weight excluding hydrogens is 288 g/mol. The van der Waals surface area contributed by atoms with Crippen molar-refractivity contribution in [3.05, 3.63) is 0 Å². The Morgan fingerprint density at radius 1 is 1.04 bits per heavy atom. The highest BCUT2D eigenvalue weighted by atomic mass is 16.3. The van der Waals surface area contributed by atoms with Gasteiger partial charge in [0.25, 0.3) is 0 Å². The van der Waals surface area contributed by atoms with Gasteiger partial charge in [0.05, 0.1) is 6.54 Å². The van der Waals surface area contributed by atoms with Gasteiger partial charge in [-0.3, -0.25) is 4.99 Å². The number of rotatable bonds is 13. The summed E-state index contributed by atoms with van der Waals surface area (Å²) in [6.07, 6.45) is 12.4. The van der Waals surface area contributed by atoms with E-state index in [-0.39, 0.29) is 0 Å². The Labute approximate surface area is 143 Å². The van der Waals surface area contributed by atoms with Crippen LogP contribution in [0.15, 0.2) is 4.99 Å². The molecule has 0 spiro atoms. The second-order valence-corrected chi connectivity index (χ2v) is 7.14. The van der Waals surface area contributed by atoms with Crippen molar-refractivity contribution in [2.24, 2.45) is 4.99 Å². The lowest BCUT2D eigenvalue weighted by Crippen LogP contribution is -2.49. The number of aliphatic hydroxyl groups is 2. The fourth-order valence-corrected chi connectivity index (χ4v) is 3.34. The molecule has 0 aromatic rings. The molecule has 0 radical (unpaired) electrons. The second kappa shape index (κ2) is 11.0. The average Bonchev–Trinajstić information content (AvgIpc) is 3.03. The fraction of sp³-hybridized carbons (Fsp3) is 0.947. The van der Waals surface area contributed by atoms with Crippen LogP contribution in [0.3, 0.4) is 0 Å². The number of amidine groups is 1. The van der Waals surface area contributed by atoms with E-state index >= 15 is 0 Å². The van der Waals surface area contributed by atoms with E-state index in [1.807, 2.05) is 18.7 Å².